The summed E-state index contributed by atoms with van der Waals surface area (Å²) in [5.74, 6) is -1.03. The highest BCUT2D eigenvalue weighted by molar-refractivity contribution is 5.72. The first-order chi connectivity index (χ1) is 12.0. The first-order valence-corrected chi connectivity index (χ1v) is 8.11. The zero-order valence-corrected chi connectivity index (χ0v) is 13.5. The van der Waals surface area contributed by atoms with E-state index in [-0.39, 0.29) is 0 Å². The molecule has 0 bridgehead atoms. The lowest BCUT2D eigenvalue weighted by Crippen LogP contribution is -2.32. The van der Waals surface area contributed by atoms with Gasteiger partial charge >= 0.3 is 5.97 Å². The smallest absolute Gasteiger partial charge is 0.320 e. The van der Waals surface area contributed by atoms with Crippen LogP contribution in [0.3, 0.4) is 0 Å². The van der Waals surface area contributed by atoms with E-state index in [2.05, 4.69) is 15.0 Å². The number of hydrogen-bond donors (Lipinski definition) is 4. The molecule has 1 aliphatic rings. The Balaban J connectivity index is 1.60. The zero-order chi connectivity index (χ0) is 18.0. The number of aromatic nitrogens is 4. The van der Waals surface area contributed by atoms with E-state index >= 15 is 0 Å². The van der Waals surface area contributed by atoms with Gasteiger partial charge in [0.2, 0.25) is 0 Å². The van der Waals surface area contributed by atoms with Crippen LogP contribution in [0.2, 0.25) is 0 Å². The van der Waals surface area contributed by atoms with E-state index in [1.54, 1.807) is 10.8 Å². The molecule has 0 aliphatic carbocycles. The van der Waals surface area contributed by atoms with Crippen molar-refractivity contribution in [2.45, 2.75) is 56.3 Å². The van der Waals surface area contributed by atoms with E-state index in [9.17, 15) is 15.0 Å². The maximum absolute atomic E-state index is 10.7. The number of imidazole rings is 1. The molecule has 0 aromatic carbocycles. The molecular formula is C15H21N5O5. The predicted molar refractivity (Wildman–Crippen MR) is 85.3 cm³/mol. The van der Waals surface area contributed by atoms with Crippen molar-refractivity contribution in [3.8, 4) is 0 Å². The molecule has 10 heteroatoms. The summed E-state index contributed by atoms with van der Waals surface area (Å²) in [6.45, 7) is 0. The predicted octanol–water partition coefficient (Wildman–Crippen LogP) is -0.582. The molecule has 5 N–H and O–H groups in total. The molecule has 0 unspecified atom stereocenters. The maximum Gasteiger partial charge on any atom is 0.320 e. The summed E-state index contributed by atoms with van der Waals surface area (Å²) in [5.41, 5.74) is 6.54. The summed E-state index contributed by atoms with van der Waals surface area (Å²) >= 11 is 0. The average Bonchev–Trinajstić information content (AvgIpc) is 3.14. The number of hydrogen-bond acceptors (Lipinski definition) is 8. The van der Waals surface area contributed by atoms with E-state index in [0.29, 0.717) is 36.8 Å². The normalized spacial score (nSPS) is 27.6. The SMILES string of the molecule is N[C@@H](CCCC[C@H]1O[C@@H](n2cnc3cncnc32)[C@H](O)[C@@H]1O)C(=O)O. The molecule has 1 saturated heterocycles. The van der Waals surface area contributed by atoms with Gasteiger partial charge in [0.15, 0.2) is 11.9 Å². The number of fused-ring (bicyclic) bond motifs is 1. The Kier molecular flexibility index (Phi) is 5.23. The number of unbranched alkanes of at least 4 members (excludes halogenated alkanes) is 1. The lowest BCUT2D eigenvalue weighted by atomic mass is 10.0. The van der Waals surface area contributed by atoms with Gasteiger partial charge < -0.3 is 25.8 Å². The molecule has 3 heterocycles. The fourth-order valence-electron chi connectivity index (χ4n) is 3.00. The second-order valence-electron chi connectivity index (χ2n) is 6.16. The average molecular weight is 351 g/mol. The number of carbonyl (C=O) groups is 1. The molecule has 1 fully saturated rings. The molecule has 2 aromatic rings. The van der Waals surface area contributed by atoms with Gasteiger partial charge in [0.05, 0.1) is 18.6 Å². The number of rotatable bonds is 7. The number of nitrogens with two attached hydrogens (primary N) is 1. The Morgan fingerprint density at radius 3 is 2.88 bits per heavy atom. The van der Waals surface area contributed by atoms with Gasteiger partial charge in [-0.3, -0.25) is 9.36 Å². The third-order valence-corrected chi connectivity index (χ3v) is 4.42. The molecule has 5 atom stereocenters. The minimum Gasteiger partial charge on any atom is -0.480 e. The summed E-state index contributed by atoms with van der Waals surface area (Å²) in [6, 6.07) is -0.884. The van der Waals surface area contributed by atoms with Crippen LogP contribution in [0.1, 0.15) is 31.9 Å². The summed E-state index contributed by atoms with van der Waals surface area (Å²) in [7, 11) is 0. The quantitative estimate of drug-likeness (QED) is 0.479. The number of aliphatic hydroxyl groups is 2. The van der Waals surface area contributed by atoms with Crippen molar-refractivity contribution in [2.24, 2.45) is 5.73 Å². The van der Waals surface area contributed by atoms with E-state index in [0.717, 1.165) is 0 Å². The molecule has 2 aromatic heterocycles. The van der Waals surface area contributed by atoms with Gasteiger partial charge in [-0.15, -0.1) is 0 Å². The largest absolute Gasteiger partial charge is 0.480 e. The highest BCUT2D eigenvalue weighted by Crippen LogP contribution is 2.33. The van der Waals surface area contributed by atoms with Crippen LogP contribution in [-0.4, -0.2) is 65.2 Å². The minimum atomic E-state index is -1.11. The van der Waals surface area contributed by atoms with Crippen LogP contribution in [0, 0.1) is 0 Å². The van der Waals surface area contributed by atoms with Crippen LogP contribution in [0.5, 0.6) is 0 Å². The van der Waals surface area contributed by atoms with E-state index in [4.69, 9.17) is 15.6 Å². The number of carboxylic acid groups (broad SMARTS) is 1. The second kappa shape index (κ2) is 7.40. The molecule has 0 spiro atoms. The lowest BCUT2D eigenvalue weighted by Gasteiger charge is -2.16. The number of ether oxygens (including phenoxy) is 1. The maximum atomic E-state index is 10.7. The number of carboxylic acids is 1. The van der Waals surface area contributed by atoms with Crippen molar-refractivity contribution in [1.82, 2.24) is 19.5 Å². The van der Waals surface area contributed by atoms with Crippen molar-refractivity contribution >= 4 is 17.1 Å². The summed E-state index contributed by atoms with van der Waals surface area (Å²) in [6.07, 6.45) is 3.00. The Bertz CT molecular complexity index is 738. The molecule has 3 rings (SSSR count). The van der Waals surface area contributed by atoms with Crippen molar-refractivity contribution in [1.29, 1.82) is 0 Å². The van der Waals surface area contributed by atoms with Gasteiger partial charge in [-0.1, -0.05) is 12.8 Å². The Labute approximate surface area is 143 Å². The van der Waals surface area contributed by atoms with Gasteiger partial charge in [-0.05, 0) is 12.8 Å². The number of aliphatic carboxylic acids is 1. The van der Waals surface area contributed by atoms with Crippen molar-refractivity contribution in [3.63, 3.8) is 0 Å². The van der Waals surface area contributed by atoms with Crippen molar-refractivity contribution in [3.05, 3.63) is 18.9 Å². The highest BCUT2D eigenvalue weighted by atomic mass is 16.6. The minimum absolute atomic E-state index is 0.354. The molecule has 0 amide bonds. The first kappa shape index (κ1) is 17.7. The third-order valence-electron chi connectivity index (χ3n) is 4.42. The molecule has 1 aliphatic heterocycles. The van der Waals surface area contributed by atoms with Gasteiger partial charge in [-0.25, -0.2) is 15.0 Å². The molecule has 0 radical (unpaired) electrons. The number of aliphatic hydroxyl groups excluding tert-OH is 2. The topological polar surface area (TPSA) is 157 Å². The van der Waals surface area contributed by atoms with Crippen LogP contribution >= 0.6 is 0 Å². The molecule has 136 valence electrons. The molecule has 25 heavy (non-hydrogen) atoms. The third kappa shape index (κ3) is 3.61. The van der Waals surface area contributed by atoms with Crippen molar-refractivity contribution in [2.75, 3.05) is 0 Å². The van der Waals surface area contributed by atoms with Crippen molar-refractivity contribution < 1.29 is 24.9 Å². The van der Waals surface area contributed by atoms with Crippen LogP contribution in [0.15, 0.2) is 18.9 Å². The first-order valence-electron chi connectivity index (χ1n) is 8.11. The van der Waals surface area contributed by atoms with Gasteiger partial charge in [0, 0.05) is 0 Å². The molecule has 0 saturated carbocycles. The van der Waals surface area contributed by atoms with E-state index in [1.807, 2.05) is 0 Å². The fraction of sp³-hybridized carbons (Fsp3) is 0.600. The Morgan fingerprint density at radius 2 is 2.12 bits per heavy atom. The van der Waals surface area contributed by atoms with E-state index in [1.165, 1.54) is 12.7 Å². The fourth-order valence-corrected chi connectivity index (χ4v) is 3.00. The lowest BCUT2D eigenvalue weighted by molar-refractivity contribution is -0.138. The van der Waals surface area contributed by atoms with Crippen LogP contribution in [0.4, 0.5) is 0 Å². The summed E-state index contributed by atoms with van der Waals surface area (Å²) in [4.78, 5) is 22.9. The van der Waals surface area contributed by atoms with E-state index < -0.39 is 36.6 Å². The monoisotopic (exact) mass is 351 g/mol. The van der Waals surface area contributed by atoms with Crippen LogP contribution in [-0.2, 0) is 9.53 Å². The number of nitrogens with zero attached hydrogens (tertiary/aromatic N) is 4. The summed E-state index contributed by atoms with van der Waals surface area (Å²) < 4.78 is 7.38. The molecule has 10 nitrogen and oxygen atoms in total. The van der Waals surface area contributed by atoms with Gasteiger partial charge in [-0.2, -0.15) is 0 Å². The van der Waals surface area contributed by atoms with Gasteiger partial charge in [0.1, 0.15) is 30.1 Å². The highest BCUT2D eigenvalue weighted by Gasteiger charge is 2.43. The standard InChI is InChI=1S/C15H21N5O5/c16-8(15(23)24)3-1-2-4-10-11(21)12(22)14(25-10)20-7-19-9-5-17-6-18-13(9)20/h5-8,10-12,14,21-22H,1-4,16H2,(H,23,24)/t8-,10+,11+,12+,14+/m0/s1. The van der Waals surface area contributed by atoms with Crippen LogP contribution in [0.25, 0.3) is 11.2 Å². The summed E-state index contributed by atoms with van der Waals surface area (Å²) in [5, 5.41) is 29.3. The van der Waals surface area contributed by atoms with Crippen LogP contribution < -0.4 is 5.73 Å². The Hall–Kier alpha value is -2.14. The van der Waals surface area contributed by atoms with Gasteiger partial charge in [0.25, 0.3) is 0 Å². The second-order valence-corrected chi connectivity index (χ2v) is 6.16. The molecular weight excluding hydrogens is 330 g/mol. The Morgan fingerprint density at radius 1 is 1.32 bits per heavy atom. The zero-order valence-electron chi connectivity index (χ0n) is 13.5.